The number of aromatic nitrogens is 2. The van der Waals surface area contributed by atoms with Crippen molar-refractivity contribution in [2.45, 2.75) is 19.5 Å². The van der Waals surface area contributed by atoms with Gasteiger partial charge in [0.25, 0.3) is 0 Å². The highest BCUT2D eigenvalue weighted by molar-refractivity contribution is 7.16. The number of halogens is 1. The number of nitrogen functional groups attached to an aromatic ring is 1. The molecule has 9 heteroatoms. The Morgan fingerprint density at radius 1 is 1.23 bits per heavy atom. The number of fused-ring (bicyclic) bond motifs is 1. The summed E-state index contributed by atoms with van der Waals surface area (Å²) in [4.78, 5) is 37.8. The molecule has 7 nitrogen and oxygen atoms in total. The lowest BCUT2D eigenvalue weighted by molar-refractivity contribution is -0.158. The Hall–Kier alpha value is -2.97. The van der Waals surface area contributed by atoms with Crippen molar-refractivity contribution in [1.82, 2.24) is 19.8 Å². The van der Waals surface area contributed by atoms with Crippen LogP contribution in [0.15, 0.2) is 42.7 Å². The summed E-state index contributed by atoms with van der Waals surface area (Å²) in [6.45, 7) is 3.13. The lowest BCUT2D eigenvalue weighted by Gasteiger charge is -2.38. The molecule has 0 saturated carbocycles. The second-order valence-corrected chi connectivity index (χ2v) is 8.89. The van der Waals surface area contributed by atoms with E-state index in [2.05, 4.69) is 9.97 Å². The van der Waals surface area contributed by atoms with Crippen molar-refractivity contribution in [1.29, 1.82) is 0 Å². The fourth-order valence-corrected chi connectivity index (χ4v) is 4.49. The molecule has 2 N–H and O–H groups in total. The van der Waals surface area contributed by atoms with Crippen LogP contribution in [0, 0.1) is 0 Å². The first-order chi connectivity index (χ1) is 14.4. The lowest BCUT2D eigenvalue weighted by Crippen LogP contribution is -2.58. The van der Waals surface area contributed by atoms with Crippen LogP contribution < -0.4 is 5.73 Å². The number of anilines is 1. The molecule has 1 aliphatic rings. The molecule has 3 heterocycles. The molecular formula is C21H20ClN5O2S. The van der Waals surface area contributed by atoms with Crippen molar-refractivity contribution in [3.05, 3.63) is 57.5 Å². The third-order valence-electron chi connectivity index (χ3n) is 5.03. The van der Waals surface area contributed by atoms with Gasteiger partial charge >= 0.3 is 11.8 Å². The third-order valence-corrected chi connectivity index (χ3v) is 6.23. The first-order valence-electron chi connectivity index (χ1n) is 9.43. The highest BCUT2D eigenvalue weighted by atomic mass is 35.5. The van der Waals surface area contributed by atoms with Crippen LogP contribution in [0.25, 0.3) is 17.0 Å². The second-order valence-electron chi connectivity index (χ2n) is 7.15. The van der Waals surface area contributed by atoms with Crippen molar-refractivity contribution in [3.8, 4) is 0 Å². The second kappa shape index (κ2) is 8.41. The van der Waals surface area contributed by atoms with Crippen molar-refractivity contribution >= 4 is 57.5 Å². The monoisotopic (exact) mass is 441 g/mol. The maximum atomic E-state index is 12.7. The van der Waals surface area contributed by atoms with Crippen molar-refractivity contribution in [2.24, 2.45) is 0 Å². The van der Waals surface area contributed by atoms with E-state index in [4.69, 9.17) is 17.3 Å². The Morgan fingerprint density at radius 2 is 2.07 bits per heavy atom. The number of hydrogen-bond acceptors (Lipinski definition) is 6. The molecule has 1 fully saturated rings. The minimum atomic E-state index is -0.497. The molecule has 2 aromatic heterocycles. The van der Waals surface area contributed by atoms with Crippen LogP contribution in [-0.2, 0) is 16.1 Å². The number of carbonyl (C=O) groups excluding carboxylic acids is 2. The van der Waals surface area contributed by atoms with E-state index in [9.17, 15) is 9.59 Å². The predicted octanol–water partition coefficient (Wildman–Crippen LogP) is 3.20. The van der Waals surface area contributed by atoms with E-state index in [0.29, 0.717) is 35.3 Å². The zero-order chi connectivity index (χ0) is 21.3. The zero-order valence-corrected chi connectivity index (χ0v) is 17.9. The summed E-state index contributed by atoms with van der Waals surface area (Å²) in [6.07, 6.45) is 5.21. The Bertz CT molecular complexity index is 1150. The number of thiophene rings is 1. The van der Waals surface area contributed by atoms with Gasteiger partial charge in [-0.1, -0.05) is 23.7 Å². The molecule has 3 aromatic rings. The quantitative estimate of drug-likeness (QED) is 0.614. The zero-order valence-electron chi connectivity index (χ0n) is 16.3. The third kappa shape index (κ3) is 4.15. The van der Waals surface area contributed by atoms with Gasteiger partial charge < -0.3 is 15.5 Å². The van der Waals surface area contributed by atoms with Crippen molar-refractivity contribution < 1.29 is 9.59 Å². The standard InChI is InChI=1S/C21H20ClN5O2S/c1-13-10-26(11-14-4-6-16-17(9-14)24-12-25-19(16)23)20(28)21(29)27(13)8-2-3-15-5-7-18(22)30-15/h2-7,9,12-13H,8,10-11H2,1H3,(H2,23,24,25). The molecule has 0 radical (unpaired) electrons. The highest BCUT2D eigenvalue weighted by Crippen LogP contribution is 2.23. The number of carbonyl (C=O) groups is 2. The van der Waals surface area contributed by atoms with Gasteiger partial charge in [-0.2, -0.15) is 0 Å². The van der Waals surface area contributed by atoms with E-state index in [1.807, 2.05) is 49.4 Å². The average molecular weight is 442 g/mol. The Morgan fingerprint density at radius 3 is 2.83 bits per heavy atom. The molecule has 1 saturated heterocycles. The Balaban J connectivity index is 1.44. The number of nitrogens with two attached hydrogens (primary N) is 1. The van der Waals surface area contributed by atoms with Gasteiger partial charge in [-0.15, -0.1) is 11.3 Å². The van der Waals surface area contributed by atoms with E-state index in [1.165, 1.54) is 17.7 Å². The van der Waals surface area contributed by atoms with E-state index in [1.54, 1.807) is 9.80 Å². The fraction of sp³-hybridized carbons (Fsp3) is 0.238. The van der Waals surface area contributed by atoms with Gasteiger partial charge in [-0.3, -0.25) is 9.59 Å². The minimum Gasteiger partial charge on any atom is -0.383 e. The Labute approximate surface area is 182 Å². The largest absolute Gasteiger partial charge is 0.383 e. The van der Waals surface area contributed by atoms with Crippen LogP contribution >= 0.6 is 22.9 Å². The molecule has 0 bridgehead atoms. The van der Waals surface area contributed by atoms with Crippen LogP contribution in [0.3, 0.4) is 0 Å². The maximum Gasteiger partial charge on any atom is 0.312 e. The first kappa shape index (κ1) is 20.3. The summed E-state index contributed by atoms with van der Waals surface area (Å²) < 4.78 is 0.714. The van der Waals surface area contributed by atoms with E-state index in [-0.39, 0.29) is 6.04 Å². The molecule has 1 atom stereocenters. The topological polar surface area (TPSA) is 92.4 Å². The number of nitrogens with zero attached hydrogens (tertiary/aromatic N) is 4. The number of amides is 2. The first-order valence-corrected chi connectivity index (χ1v) is 10.6. The molecule has 1 unspecified atom stereocenters. The molecule has 0 aliphatic carbocycles. The van der Waals surface area contributed by atoms with Gasteiger partial charge in [0.2, 0.25) is 0 Å². The number of piperazine rings is 1. The van der Waals surface area contributed by atoms with Crippen molar-refractivity contribution in [3.63, 3.8) is 0 Å². The summed E-state index contributed by atoms with van der Waals surface area (Å²) in [6, 6.07) is 9.25. The van der Waals surface area contributed by atoms with Crippen molar-refractivity contribution in [2.75, 3.05) is 18.8 Å². The van der Waals surface area contributed by atoms with Crippen LogP contribution in [-0.4, -0.2) is 50.7 Å². The Kier molecular flexibility index (Phi) is 5.69. The molecule has 2 amide bonds. The number of hydrogen-bond donors (Lipinski definition) is 1. The van der Waals surface area contributed by atoms with Crippen LogP contribution in [0.5, 0.6) is 0 Å². The van der Waals surface area contributed by atoms with Gasteiger partial charge in [0.15, 0.2) is 0 Å². The van der Waals surface area contributed by atoms with Crippen LogP contribution in [0.1, 0.15) is 17.4 Å². The highest BCUT2D eigenvalue weighted by Gasteiger charge is 2.36. The molecule has 0 spiro atoms. The molecular weight excluding hydrogens is 422 g/mol. The van der Waals surface area contributed by atoms with E-state index >= 15 is 0 Å². The SMILES string of the molecule is CC1CN(Cc2ccc3c(N)ncnc3c2)C(=O)C(=O)N1CC=Cc1ccc(Cl)s1. The lowest BCUT2D eigenvalue weighted by atomic mass is 10.1. The van der Waals surface area contributed by atoms with E-state index in [0.717, 1.165) is 15.8 Å². The summed E-state index contributed by atoms with van der Waals surface area (Å²) >= 11 is 7.40. The predicted molar refractivity (Wildman–Crippen MR) is 119 cm³/mol. The van der Waals surface area contributed by atoms with E-state index < -0.39 is 11.8 Å². The smallest absolute Gasteiger partial charge is 0.312 e. The summed E-state index contributed by atoms with van der Waals surface area (Å²) in [5.74, 6) is -0.573. The minimum absolute atomic E-state index is 0.0924. The number of benzene rings is 1. The van der Waals surface area contributed by atoms with Gasteiger partial charge in [0.1, 0.15) is 12.1 Å². The summed E-state index contributed by atoms with van der Waals surface area (Å²) in [5.41, 5.74) is 7.46. The number of rotatable bonds is 5. The van der Waals surface area contributed by atoms with Gasteiger partial charge in [0.05, 0.1) is 9.85 Å². The average Bonchev–Trinajstić information content (AvgIpc) is 3.14. The summed E-state index contributed by atoms with van der Waals surface area (Å²) in [5, 5.41) is 0.764. The fourth-order valence-electron chi connectivity index (χ4n) is 3.50. The normalized spacial score (nSPS) is 17.5. The molecule has 154 valence electrons. The van der Waals surface area contributed by atoms with Crippen LogP contribution in [0.2, 0.25) is 4.34 Å². The summed E-state index contributed by atoms with van der Waals surface area (Å²) in [7, 11) is 0. The molecule has 1 aromatic carbocycles. The molecule has 4 rings (SSSR count). The van der Waals surface area contributed by atoms with Crippen LogP contribution in [0.4, 0.5) is 5.82 Å². The van der Waals surface area contributed by atoms with Gasteiger partial charge in [-0.05, 0) is 42.8 Å². The molecule has 30 heavy (non-hydrogen) atoms. The molecule has 1 aliphatic heterocycles. The van der Waals surface area contributed by atoms with Gasteiger partial charge in [0, 0.05) is 35.9 Å². The maximum absolute atomic E-state index is 12.7. The van der Waals surface area contributed by atoms with Gasteiger partial charge in [-0.25, -0.2) is 9.97 Å².